The van der Waals surface area contributed by atoms with Gasteiger partial charge >= 0.3 is 0 Å². The highest BCUT2D eigenvalue weighted by molar-refractivity contribution is 5.80. The Morgan fingerprint density at radius 1 is 1.33 bits per heavy atom. The number of amides is 1. The van der Waals surface area contributed by atoms with Crippen LogP contribution in [0.1, 0.15) is 31.6 Å². The van der Waals surface area contributed by atoms with E-state index in [1.54, 1.807) is 28.0 Å². The fraction of sp³-hybridized carbons (Fsp3) is 0.471. The fourth-order valence-corrected chi connectivity index (χ4v) is 2.98. The van der Waals surface area contributed by atoms with Gasteiger partial charge in [-0.1, -0.05) is 26.0 Å². The molecule has 6 nitrogen and oxygen atoms in total. The monoisotopic (exact) mass is 332 g/mol. The fourth-order valence-electron chi connectivity index (χ4n) is 2.98. The van der Waals surface area contributed by atoms with Crippen LogP contribution < -0.4 is 0 Å². The van der Waals surface area contributed by atoms with E-state index in [4.69, 9.17) is 4.74 Å². The lowest BCUT2D eigenvalue weighted by atomic mass is 10.0. The van der Waals surface area contributed by atoms with Gasteiger partial charge in [-0.15, -0.1) is 0 Å². The van der Waals surface area contributed by atoms with Crippen LogP contribution in [-0.2, 0) is 9.53 Å². The first kappa shape index (κ1) is 16.6. The van der Waals surface area contributed by atoms with E-state index in [-0.39, 0.29) is 29.8 Å². The first-order valence-electron chi connectivity index (χ1n) is 8.06. The van der Waals surface area contributed by atoms with E-state index in [1.807, 2.05) is 13.8 Å². The third-order valence-electron chi connectivity index (χ3n) is 4.23. The predicted molar refractivity (Wildman–Crippen MR) is 85.6 cm³/mol. The largest absolute Gasteiger partial charge is 0.370 e. The summed E-state index contributed by atoms with van der Waals surface area (Å²) >= 11 is 0. The Balaban J connectivity index is 1.76. The quantitative estimate of drug-likeness (QED) is 0.861. The molecule has 1 aliphatic rings. The minimum absolute atomic E-state index is 0.00547. The second kappa shape index (κ2) is 7.09. The SMILES string of the molecule is CC(C)[C@H](C(=O)N1CCO[C@@H](c2ccc(F)cc2)C1)n1cncn1. The average Bonchev–Trinajstić information content (AvgIpc) is 3.09. The molecule has 128 valence electrons. The zero-order valence-corrected chi connectivity index (χ0v) is 13.8. The lowest BCUT2D eigenvalue weighted by Crippen LogP contribution is -2.46. The number of nitrogens with zero attached hydrogens (tertiary/aromatic N) is 4. The van der Waals surface area contributed by atoms with Gasteiger partial charge in [-0.05, 0) is 23.6 Å². The molecule has 1 aromatic heterocycles. The Morgan fingerprint density at radius 2 is 2.08 bits per heavy atom. The summed E-state index contributed by atoms with van der Waals surface area (Å²) in [6, 6.07) is 5.83. The van der Waals surface area contributed by atoms with Crippen molar-refractivity contribution in [2.75, 3.05) is 19.7 Å². The van der Waals surface area contributed by atoms with Gasteiger partial charge in [-0.25, -0.2) is 14.1 Å². The maximum Gasteiger partial charge on any atom is 0.247 e. The lowest BCUT2D eigenvalue weighted by molar-refractivity contribution is -0.144. The van der Waals surface area contributed by atoms with E-state index in [2.05, 4.69) is 10.1 Å². The van der Waals surface area contributed by atoms with E-state index in [0.717, 1.165) is 5.56 Å². The number of ether oxygens (including phenoxy) is 1. The summed E-state index contributed by atoms with van der Waals surface area (Å²) in [5, 5.41) is 4.13. The van der Waals surface area contributed by atoms with Crippen molar-refractivity contribution in [3.63, 3.8) is 0 Å². The van der Waals surface area contributed by atoms with Crippen molar-refractivity contribution >= 4 is 5.91 Å². The van der Waals surface area contributed by atoms with Crippen LogP contribution >= 0.6 is 0 Å². The molecular weight excluding hydrogens is 311 g/mol. The lowest BCUT2D eigenvalue weighted by Gasteiger charge is -2.36. The van der Waals surface area contributed by atoms with Gasteiger partial charge in [0.15, 0.2) is 0 Å². The molecule has 1 aromatic carbocycles. The van der Waals surface area contributed by atoms with Crippen molar-refractivity contribution in [1.29, 1.82) is 0 Å². The average molecular weight is 332 g/mol. The minimum Gasteiger partial charge on any atom is -0.370 e. The predicted octanol–water partition coefficient (Wildman–Crippen LogP) is 2.21. The normalized spacial score (nSPS) is 19.5. The number of carbonyl (C=O) groups excluding carboxylic acids is 1. The summed E-state index contributed by atoms with van der Waals surface area (Å²) in [5.74, 6) is -0.189. The summed E-state index contributed by atoms with van der Waals surface area (Å²) in [5.41, 5.74) is 0.871. The van der Waals surface area contributed by atoms with Gasteiger partial charge in [0.1, 0.15) is 30.6 Å². The van der Waals surface area contributed by atoms with Crippen LogP contribution in [0.4, 0.5) is 4.39 Å². The van der Waals surface area contributed by atoms with E-state index < -0.39 is 0 Å². The molecule has 0 aliphatic carbocycles. The summed E-state index contributed by atoms with van der Waals surface area (Å²) in [7, 11) is 0. The van der Waals surface area contributed by atoms with Gasteiger partial charge in [0.2, 0.25) is 5.91 Å². The molecule has 1 amide bonds. The van der Waals surface area contributed by atoms with Crippen LogP contribution in [0.5, 0.6) is 0 Å². The molecule has 0 spiro atoms. The summed E-state index contributed by atoms with van der Waals surface area (Å²) in [6.07, 6.45) is 2.76. The van der Waals surface area contributed by atoms with E-state index in [0.29, 0.717) is 19.7 Å². The van der Waals surface area contributed by atoms with Gasteiger partial charge in [0.25, 0.3) is 0 Å². The molecule has 0 bridgehead atoms. The van der Waals surface area contributed by atoms with E-state index in [1.165, 1.54) is 18.5 Å². The molecule has 0 radical (unpaired) electrons. The standard InChI is InChI=1S/C17H21FN4O2/c1-12(2)16(22-11-19-10-20-22)17(23)21-7-8-24-15(9-21)13-3-5-14(18)6-4-13/h3-6,10-12,15-16H,7-9H2,1-2H3/t15-,16-/m1/s1. The molecule has 2 aromatic rings. The molecule has 0 unspecified atom stereocenters. The zero-order valence-electron chi connectivity index (χ0n) is 13.8. The molecule has 1 fully saturated rings. The number of morpholine rings is 1. The van der Waals surface area contributed by atoms with E-state index in [9.17, 15) is 9.18 Å². The van der Waals surface area contributed by atoms with Crippen LogP contribution in [0, 0.1) is 11.7 Å². The molecule has 1 saturated heterocycles. The van der Waals surface area contributed by atoms with Crippen LogP contribution in [0.15, 0.2) is 36.9 Å². The van der Waals surface area contributed by atoms with Gasteiger partial charge < -0.3 is 9.64 Å². The van der Waals surface area contributed by atoms with Gasteiger partial charge in [0, 0.05) is 6.54 Å². The molecular formula is C17H21FN4O2. The van der Waals surface area contributed by atoms with Gasteiger partial charge in [-0.3, -0.25) is 4.79 Å². The Hall–Kier alpha value is -2.28. The third kappa shape index (κ3) is 3.46. The van der Waals surface area contributed by atoms with Crippen molar-refractivity contribution in [2.24, 2.45) is 5.92 Å². The topological polar surface area (TPSA) is 60.2 Å². The highest BCUT2D eigenvalue weighted by Crippen LogP contribution is 2.26. The minimum atomic E-state index is -0.389. The maximum absolute atomic E-state index is 13.1. The van der Waals surface area contributed by atoms with Crippen molar-refractivity contribution in [2.45, 2.75) is 26.0 Å². The van der Waals surface area contributed by atoms with Crippen molar-refractivity contribution in [1.82, 2.24) is 19.7 Å². The molecule has 2 atom stereocenters. The molecule has 0 N–H and O–H groups in total. The Bertz CT molecular complexity index is 672. The summed E-state index contributed by atoms with van der Waals surface area (Å²) < 4.78 is 20.5. The number of hydrogen-bond donors (Lipinski definition) is 0. The number of hydrogen-bond acceptors (Lipinski definition) is 4. The molecule has 2 heterocycles. The van der Waals surface area contributed by atoms with E-state index >= 15 is 0 Å². The highest BCUT2D eigenvalue weighted by atomic mass is 19.1. The molecule has 7 heteroatoms. The second-order valence-corrected chi connectivity index (χ2v) is 6.26. The second-order valence-electron chi connectivity index (χ2n) is 6.26. The van der Waals surface area contributed by atoms with Crippen LogP contribution in [-0.4, -0.2) is 45.3 Å². The third-order valence-corrected chi connectivity index (χ3v) is 4.23. The first-order valence-corrected chi connectivity index (χ1v) is 8.06. The summed E-state index contributed by atoms with van der Waals surface area (Å²) in [6.45, 7) is 5.41. The number of aromatic nitrogens is 3. The number of halogens is 1. The van der Waals surface area contributed by atoms with Crippen LogP contribution in [0.25, 0.3) is 0 Å². The molecule has 3 rings (SSSR count). The first-order chi connectivity index (χ1) is 11.6. The maximum atomic E-state index is 13.1. The number of rotatable bonds is 4. The van der Waals surface area contributed by atoms with Gasteiger partial charge in [0.05, 0.1) is 13.2 Å². The number of carbonyl (C=O) groups is 1. The molecule has 0 saturated carbocycles. The van der Waals surface area contributed by atoms with Crippen LogP contribution in [0.2, 0.25) is 0 Å². The van der Waals surface area contributed by atoms with Gasteiger partial charge in [-0.2, -0.15) is 5.10 Å². The van der Waals surface area contributed by atoms with Crippen molar-refractivity contribution in [3.8, 4) is 0 Å². The molecule has 1 aliphatic heterocycles. The molecule has 24 heavy (non-hydrogen) atoms. The highest BCUT2D eigenvalue weighted by Gasteiger charge is 2.33. The smallest absolute Gasteiger partial charge is 0.247 e. The van der Waals surface area contributed by atoms with Crippen molar-refractivity contribution in [3.05, 3.63) is 48.3 Å². The Morgan fingerprint density at radius 3 is 2.71 bits per heavy atom. The number of benzene rings is 1. The van der Waals surface area contributed by atoms with Crippen molar-refractivity contribution < 1.29 is 13.9 Å². The Labute approximate surface area is 140 Å². The van der Waals surface area contributed by atoms with Crippen LogP contribution in [0.3, 0.4) is 0 Å². The summed E-state index contributed by atoms with van der Waals surface area (Å²) in [4.78, 5) is 18.7. The zero-order chi connectivity index (χ0) is 17.1. The Kier molecular flexibility index (Phi) is 4.89.